The summed E-state index contributed by atoms with van der Waals surface area (Å²) in [5.41, 5.74) is 6.41. The van der Waals surface area contributed by atoms with E-state index >= 15 is 0 Å². The number of nitrogens with zero attached hydrogens (tertiary/aromatic N) is 4. The van der Waals surface area contributed by atoms with E-state index in [1.807, 2.05) is 116 Å². The summed E-state index contributed by atoms with van der Waals surface area (Å²) < 4.78 is 9.69. The SMILES string of the molecule is Cc1ccc(NC(=O)CSc2nc3ccc(NC(=O)CSc4nnc(COc5ccccc5C)n4-c4ccccc4)cc3s2)c(C)c1. The van der Waals surface area contributed by atoms with Crippen molar-refractivity contribution in [3.05, 3.63) is 114 Å². The maximum absolute atomic E-state index is 13.0. The normalized spacial score (nSPS) is 11.0. The van der Waals surface area contributed by atoms with Gasteiger partial charge in [-0.15, -0.1) is 21.5 Å². The predicted molar refractivity (Wildman–Crippen MR) is 191 cm³/mol. The first-order valence-corrected chi connectivity index (χ1v) is 17.6. The Bertz CT molecular complexity index is 2040. The highest BCUT2D eigenvalue weighted by atomic mass is 32.2. The number of carbonyl (C=O) groups is 2. The molecule has 2 N–H and O–H groups in total. The maximum atomic E-state index is 13.0. The number of rotatable bonds is 12. The van der Waals surface area contributed by atoms with E-state index in [2.05, 4.69) is 25.8 Å². The Hall–Kier alpha value is -4.65. The van der Waals surface area contributed by atoms with E-state index in [1.165, 1.54) is 34.9 Å². The molecule has 0 aliphatic rings. The van der Waals surface area contributed by atoms with E-state index in [-0.39, 0.29) is 29.9 Å². The average molecular weight is 681 g/mol. The van der Waals surface area contributed by atoms with Crippen LogP contribution in [0.2, 0.25) is 0 Å². The molecule has 238 valence electrons. The number of nitrogens with one attached hydrogen (secondary N) is 2. The number of carbonyl (C=O) groups excluding carboxylic acids is 2. The molecule has 0 spiro atoms. The van der Waals surface area contributed by atoms with Gasteiger partial charge in [-0.1, -0.05) is 77.6 Å². The van der Waals surface area contributed by atoms with Crippen LogP contribution in [0.3, 0.4) is 0 Å². The summed E-state index contributed by atoms with van der Waals surface area (Å²) in [6.07, 6.45) is 0. The summed E-state index contributed by atoms with van der Waals surface area (Å²) in [5.74, 6) is 1.56. The first kappa shape index (κ1) is 32.3. The van der Waals surface area contributed by atoms with Crippen LogP contribution < -0.4 is 15.4 Å². The van der Waals surface area contributed by atoms with Gasteiger partial charge in [0, 0.05) is 17.1 Å². The van der Waals surface area contributed by atoms with E-state index in [0.717, 1.165) is 48.4 Å². The van der Waals surface area contributed by atoms with Crippen molar-refractivity contribution in [2.45, 2.75) is 36.9 Å². The molecule has 0 saturated carbocycles. The molecule has 0 aliphatic heterocycles. The van der Waals surface area contributed by atoms with E-state index < -0.39 is 0 Å². The number of ether oxygens (including phenoxy) is 1. The Morgan fingerprint density at radius 3 is 2.38 bits per heavy atom. The van der Waals surface area contributed by atoms with Crippen LogP contribution in [0, 0.1) is 20.8 Å². The molecule has 47 heavy (non-hydrogen) atoms. The molecule has 0 unspecified atom stereocenters. The lowest BCUT2D eigenvalue weighted by molar-refractivity contribution is -0.114. The van der Waals surface area contributed by atoms with Crippen LogP contribution in [-0.4, -0.2) is 43.1 Å². The molecule has 2 amide bonds. The highest BCUT2D eigenvalue weighted by Gasteiger charge is 2.17. The van der Waals surface area contributed by atoms with Crippen molar-refractivity contribution < 1.29 is 14.3 Å². The van der Waals surface area contributed by atoms with Gasteiger partial charge in [0.1, 0.15) is 12.4 Å². The number of amides is 2. The van der Waals surface area contributed by atoms with Gasteiger partial charge in [0.2, 0.25) is 11.8 Å². The summed E-state index contributed by atoms with van der Waals surface area (Å²) >= 11 is 4.19. The van der Waals surface area contributed by atoms with Crippen molar-refractivity contribution in [2.75, 3.05) is 22.1 Å². The summed E-state index contributed by atoms with van der Waals surface area (Å²) in [6.45, 7) is 6.23. The highest BCUT2D eigenvalue weighted by Crippen LogP contribution is 2.32. The minimum absolute atomic E-state index is 0.0827. The molecule has 0 aliphatic carbocycles. The van der Waals surface area contributed by atoms with Crippen molar-refractivity contribution >= 4 is 68.3 Å². The summed E-state index contributed by atoms with van der Waals surface area (Å²) in [5, 5.41) is 15.3. The zero-order valence-corrected chi connectivity index (χ0v) is 28.5. The van der Waals surface area contributed by atoms with Crippen LogP contribution in [-0.2, 0) is 16.2 Å². The van der Waals surface area contributed by atoms with Crippen molar-refractivity contribution in [3.63, 3.8) is 0 Å². The lowest BCUT2D eigenvalue weighted by Crippen LogP contribution is -2.14. The van der Waals surface area contributed by atoms with Crippen molar-refractivity contribution in [1.29, 1.82) is 0 Å². The van der Waals surface area contributed by atoms with Gasteiger partial charge >= 0.3 is 0 Å². The molecule has 9 nitrogen and oxygen atoms in total. The largest absolute Gasteiger partial charge is 0.485 e. The average Bonchev–Trinajstić information content (AvgIpc) is 3.67. The monoisotopic (exact) mass is 680 g/mol. The van der Waals surface area contributed by atoms with Crippen molar-refractivity contribution in [3.8, 4) is 11.4 Å². The molecular formula is C35H32N6O3S3. The fraction of sp³-hybridized carbons (Fsp3) is 0.171. The van der Waals surface area contributed by atoms with E-state index in [4.69, 9.17) is 4.74 Å². The Morgan fingerprint density at radius 2 is 1.57 bits per heavy atom. The fourth-order valence-electron chi connectivity index (χ4n) is 4.82. The topological polar surface area (TPSA) is 111 Å². The van der Waals surface area contributed by atoms with E-state index in [9.17, 15) is 9.59 Å². The molecule has 6 rings (SSSR count). The first-order chi connectivity index (χ1) is 22.8. The van der Waals surface area contributed by atoms with Crippen molar-refractivity contribution in [1.82, 2.24) is 19.7 Å². The third-order valence-electron chi connectivity index (χ3n) is 7.13. The number of hydrogen-bond acceptors (Lipinski definition) is 9. The number of benzene rings is 4. The first-order valence-electron chi connectivity index (χ1n) is 14.8. The second kappa shape index (κ2) is 14.8. The molecule has 0 bridgehead atoms. The molecular weight excluding hydrogens is 649 g/mol. The van der Waals surface area contributed by atoms with Gasteiger partial charge in [0.15, 0.2) is 15.3 Å². The molecule has 0 radical (unpaired) electrons. The molecule has 0 atom stereocenters. The number of para-hydroxylation sites is 2. The van der Waals surface area contributed by atoms with Gasteiger partial charge < -0.3 is 15.4 Å². The Labute approximate surface area is 285 Å². The molecule has 6 aromatic rings. The molecule has 2 aromatic heterocycles. The summed E-state index contributed by atoms with van der Waals surface area (Å²) in [6, 6.07) is 29.2. The Morgan fingerprint density at radius 1 is 0.809 bits per heavy atom. The van der Waals surface area contributed by atoms with Crippen LogP contribution >= 0.6 is 34.9 Å². The lowest BCUT2D eigenvalue weighted by Gasteiger charge is -2.12. The summed E-state index contributed by atoms with van der Waals surface area (Å²) in [7, 11) is 0. The summed E-state index contributed by atoms with van der Waals surface area (Å²) in [4.78, 5) is 30.2. The minimum Gasteiger partial charge on any atom is -0.485 e. The van der Waals surface area contributed by atoms with Crippen LogP contribution in [0.15, 0.2) is 100 Å². The number of aryl methyl sites for hydroxylation is 3. The van der Waals surface area contributed by atoms with Crippen LogP contribution in [0.5, 0.6) is 5.75 Å². The highest BCUT2D eigenvalue weighted by molar-refractivity contribution is 8.01. The zero-order valence-electron chi connectivity index (χ0n) is 26.0. The zero-order chi connectivity index (χ0) is 32.8. The maximum Gasteiger partial charge on any atom is 0.234 e. The van der Waals surface area contributed by atoms with Gasteiger partial charge in [-0.25, -0.2) is 4.98 Å². The molecule has 0 saturated heterocycles. The van der Waals surface area contributed by atoms with Crippen molar-refractivity contribution in [2.24, 2.45) is 0 Å². The smallest absolute Gasteiger partial charge is 0.234 e. The third-order valence-corrected chi connectivity index (χ3v) is 10.2. The number of aromatic nitrogens is 4. The van der Waals surface area contributed by atoms with Gasteiger partial charge in [0.05, 0.1) is 21.7 Å². The van der Waals surface area contributed by atoms with Gasteiger partial charge in [-0.05, 0) is 74.4 Å². The van der Waals surface area contributed by atoms with Gasteiger partial charge in [-0.3, -0.25) is 14.2 Å². The van der Waals surface area contributed by atoms with E-state index in [0.29, 0.717) is 16.7 Å². The number of hydrogen-bond donors (Lipinski definition) is 2. The fourth-order valence-corrected chi connectivity index (χ4v) is 7.50. The van der Waals surface area contributed by atoms with Crippen LogP contribution in [0.1, 0.15) is 22.5 Å². The number of fused-ring (bicyclic) bond motifs is 1. The second-order valence-corrected chi connectivity index (χ2v) is 14.0. The molecule has 0 fully saturated rings. The lowest BCUT2D eigenvalue weighted by atomic mass is 10.1. The third kappa shape index (κ3) is 8.20. The Balaban J connectivity index is 1.06. The minimum atomic E-state index is -0.170. The van der Waals surface area contributed by atoms with Gasteiger partial charge in [0.25, 0.3) is 0 Å². The molecule has 4 aromatic carbocycles. The number of anilines is 2. The predicted octanol–water partition coefficient (Wildman–Crippen LogP) is 7.84. The quantitative estimate of drug-likeness (QED) is 0.126. The molecule has 12 heteroatoms. The standard InChI is InChI=1S/C35H32N6O3S3/c1-22-13-15-27(24(3)17-22)37-33(43)21-46-35-38-28-16-14-25(18-30(28)47-35)36-32(42)20-45-34-40-39-31(41(34)26-10-5-4-6-11-26)19-44-29-12-8-7-9-23(29)2/h4-18H,19-21H2,1-3H3,(H,36,42)(H,37,43). The second-order valence-electron chi connectivity index (χ2n) is 10.8. The van der Waals surface area contributed by atoms with E-state index in [1.54, 1.807) is 0 Å². The van der Waals surface area contributed by atoms with Crippen LogP contribution in [0.25, 0.3) is 15.9 Å². The Kier molecular flexibility index (Phi) is 10.2. The molecule has 2 heterocycles. The number of thiazole rings is 1. The van der Waals surface area contributed by atoms with Crippen LogP contribution in [0.4, 0.5) is 11.4 Å². The van der Waals surface area contributed by atoms with Gasteiger partial charge in [-0.2, -0.15) is 0 Å². The number of thioether (sulfide) groups is 2.